The summed E-state index contributed by atoms with van der Waals surface area (Å²) in [6, 6.07) is 0. The first-order chi connectivity index (χ1) is 2.41. The minimum Gasteiger partial charge on any atom is -0.854 e. The number of hydrogen-bond acceptors (Lipinski definition) is 2. The maximum Gasteiger partial charge on any atom is 1.00 e. The van der Waals surface area contributed by atoms with Crippen molar-refractivity contribution in [2.24, 2.45) is 0 Å². The first-order valence-electron chi connectivity index (χ1n) is 1.58. The molecule has 0 aliphatic heterocycles. The van der Waals surface area contributed by atoms with Crippen molar-refractivity contribution in [3.05, 3.63) is 0 Å². The summed E-state index contributed by atoms with van der Waals surface area (Å²) >= 11 is 0. The van der Waals surface area contributed by atoms with Gasteiger partial charge in [-0.15, -0.1) is 13.2 Å². The fourth-order valence-electron chi connectivity index (χ4n) is 0.0589. The van der Waals surface area contributed by atoms with E-state index < -0.39 is 0 Å². The van der Waals surface area contributed by atoms with Gasteiger partial charge in [0, 0.05) is 0 Å². The monoisotopic (exact) mass is 152 g/mol. The summed E-state index contributed by atoms with van der Waals surface area (Å²) in [4.78, 5) is 0. The predicted molar refractivity (Wildman–Crippen MR) is 14.4 cm³/mol. The van der Waals surface area contributed by atoms with Crippen LogP contribution in [0.1, 0.15) is 6.42 Å². The number of hydrogen-bond donors (Lipinski definition) is 0. The third-order valence-electron chi connectivity index (χ3n) is 0.289. The Morgan fingerprint density at radius 2 is 1.14 bits per heavy atom. The summed E-state index contributed by atoms with van der Waals surface area (Å²) in [5, 5.41) is 18.7. The molecule has 0 amide bonds. The first-order valence-corrected chi connectivity index (χ1v) is 1.58. The normalized spacial score (nSPS) is 6.00. The van der Waals surface area contributed by atoms with Crippen LogP contribution in [0.2, 0.25) is 0 Å². The minimum absolute atomic E-state index is 0. The van der Waals surface area contributed by atoms with Gasteiger partial charge in [-0.1, -0.05) is 6.42 Å². The van der Waals surface area contributed by atoms with Crippen LogP contribution in [0, 0.1) is 0 Å². The van der Waals surface area contributed by atoms with Gasteiger partial charge >= 0.3 is 103 Å². The molecule has 0 aliphatic rings. The maximum atomic E-state index is 9.33. The Hall–Kier alpha value is 3.19. The van der Waals surface area contributed by atoms with Crippen molar-refractivity contribution in [1.29, 1.82) is 0 Å². The zero-order valence-corrected chi connectivity index (χ0v) is 11.2. The zero-order chi connectivity index (χ0) is 4.12. The molecule has 0 heterocycles. The largest absolute Gasteiger partial charge is 1.00 e. The van der Waals surface area contributed by atoms with Gasteiger partial charge in [0.2, 0.25) is 0 Å². The van der Waals surface area contributed by atoms with E-state index in [-0.39, 0.29) is 122 Å². The fourth-order valence-corrected chi connectivity index (χ4v) is 0.0589. The Kier molecular flexibility index (Phi) is 38.3. The molecule has 0 aromatic carbocycles. The molecule has 0 N–H and O–H groups in total. The number of rotatable bonds is 2. The van der Waals surface area contributed by atoms with Crippen molar-refractivity contribution in [1.82, 2.24) is 0 Å². The Morgan fingerprint density at radius 3 is 1.14 bits per heavy atom. The average Bonchev–Trinajstić information content (AvgIpc) is 1.41. The molecular formula is C3H6K2O2. The summed E-state index contributed by atoms with van der Waals surface area (Å²) in [6.45, 7) is -0.438. The van der Waals surface area contributed by atoms with E-state index in [1.165, 1.54) is 0 Å². The molecule has 0 aromatic heterocycles. The van der Waals surface area contributed by atoms with E-state index in [9.17, 15) is 10.2 Å². The van der Waals surface area contributed by atoms with Gasteiger partial charge < -0.3 is 10.2 Å². The minimum atomic E-state index is -0.219. The molecule has 7 heavy (non-hydrogen) atoms. The standard InChI is InChI=1S/C3H6O2.2K/c4-2-1-3-5;;/h1-3H2;;/q-2;2*+1. The summed E-state index contributed by atoms with van der Waals surface area (Å²) < 4.78 is 0. The van der Waals surface area contributed by atoms with E-state index in [0.717, 1.165) is 0 Å². The van der Waals surface area contributed by atoms with Gasteiger partial charge in [0.1, 0.15) is 0 Å². The molecular weight excluding hydrogens is 146 g/mol. The van der Waals surface area contributed by atoms with Crippen LogP contribution >= 0.6 is 0 Å². The molecule has 0 aliphatic carbocycles. The van der Waals surface area contributed by atoms with Gasteiger partial charge in [-0.2, -0.15) is 0 Å². The van der Waals surface area contributed by atoms with Crippen LogP contribution in [-0.4, -0.2) is 13.2 Å². The SMILES string of the molecule is [K+].[K+].[O-]CCC[O-]. The molecule has 0 bridgehead atoms. The van der Waals surface area contributed by atoms with Crippen molar-refractivity contribution >= 4 is 0 Å². The average molecular weight is 152 g/mol. The van der Waals surface area contributed by atoms with Crippen LogP contribution in [0.3, 0.4) is 0 Å². The van der Waals surface area contributed by atoms with E-state index in [0.29, 0.717) is 0 Å². The molecule has 0 fully saturated rings. The summed E-state index contributed by atoms with van der Waals surface area (Å²) in [7, 11) is 0. The first kappa shape index (κ1) is 16.6. The molecule has 4 heteroatoms. The Balaban J connectivity index is -0.0000000800. The molecule has 0 aromatic rings. The fraction of sp³-hybridized carbons (Fsp3) is 1.00. The quantitative estimate of drug-likeness (QED) is 0.369. The Morgan fingerprint density at radius 1 is 0.857 bits per heavy atom. The third kappa shape index (κ3) is 17.6. The summed E-state index contributed by atoms with van der Waals surface area (Å²) in [6.07, 6.45) is 0.278. The smallest absolute Gasteiger partial charge is 0.854 e. The van der Waals surface area contributed by atoms with Crippen LogP contribution in [-0.2, 0) is 0 Å². The Labute approximate surface area is 129 Å². The van der Waals surface area contributed by atoms with Crippen molar-refractivity contribution in [3.63, 3.8) is 0 Å². The van der Waals surface area contributed by atoms with Crippen LogP contribution in [0.5, 0.6) is 0 Å². The van der Waals surface area contributed by atoms with E-state index in [1.807, 2.05) is 0 Å². The molecule has 0 saturated heterocycles. The van der Waals surface area contributed by atoms with Crippen molar-refractivity contribution in [2.75, 3.05) is 13.2 Å². The topological polar surface area (TPSA) is 46.1 Å². The van der Waals surface area contributed by atoms with Gasteiger partial charge in [-0.25, -0.2) is 0 Å². The zero-order valence-electron chi connectivity index (χ0n) is 4.94. The van der Waals surface area contributed by atoms with Gasteiger partial charge in [0.25, 0.3) is 0 Å². The molecule has 32 valence electrons. The van der Waals surface area contributed by atoms with Crippen LogP contribution < -0.4 is 113 Å². The van der Waals surface area contributed by atoms with Crippen molar-refractivity contribution in [2.45, 2.75) is 6.42 Å². The van der Waals surface area contributed by atoms with Crippen molar-refractivity contribution in [3.8, 4) is 0 Å². The van der Waals surface area contributed by atoms with E-state index >= 15 is 0 Å². The summed E-state index contributed by atoms with van der Waals surface area (Å²) in [5.74, 6) is 0. The van der Waals surface area contributed by atoms with Gasteiger partial charge in [0.05, 0.1) is 0 Å². The third-order valence-corrected chi connectivity index (χ3v) is 0.289. The molecule has 2 nitrogen and oxygen atoms in total. The van der Waals surface area contributed by atoms with E-state index in [1.54, 1.807) is 0 Å². The van der Waals surface area contributed by atoms with Gasteiger partial charge in [-0.05, 0) is 0 Å². The van der Waals surface area contributed by atoms with Gasteiger partial charge in [-0.3, -0.25) is 0 Å². The second-order valence-corrected chi connectivity index (χ2v) is 0.762. The second-order valence-electron chi connectivity index (χ2n) is 0.762. The molecule has 0 atom stereocenters. The summed E-state index contributed by atoms with van der Waals surface area (Å²) in [5.41, 5.74) is 0. The molecule has 0 unspecified atom stereocenters. The van der Waals surface area contributed by atoms with E-state index in [4.69, 9.17) is 0 Å². The van der Waals surface area contributed by atoms with Crippen LogP contribution in [0.15, 0.2) is 0 Å². The molecule has 0 spiro atoms. The maximum absolute atomic E-state index is 9.33. The van der Waals surface area contributed by atoms with E-state index in [2.05, 4.69) is 0 Å². The second kappa shape index (κ2) is 16.1. The van der Waals surface area contributed by atoms with Crippen LogP contribution in [0.4, 0.5) is 0 Å². The van der Waals surface area contributed by atoms with Crippen LogP contribution in [0.25, 0.3) is 0 Å². The Bertz CT molecular complexity index is 18.4. The predicted octanol–water partition coefficient (Wildman–Crippen LogP) is -7.89. The molecule has 0 rings (SSSR count). The molecule has 0 radical (unpaired) electrons. The van der Waals surface area contributed by atoms with Gasteiger partial charge in [0.15, 0.2) is 0 Å². The van der Waals surface area contributed by atoms with Crippen molar-refractivity contribution < 1.29 is 113 Å². The molecule has 0 saturated carbocycles.